The summed E-state index contributed by atoms with van der Waals surface area (Å²) in [6.07, 6.45) is 0. The van der Waals surface area contributed by atoms with Crippen LogP contribution in [0.5, 0.6) is 23.0 Å². The Hall–Kier alpha value is -4.14. The number of nitrogens with zero attached hydrogens (tertiary/aromatic N) is 3. The van der Waals surface area contributed by atoms with Crippen LogP contribution in [0.25, 0.3) is 0 Å². The lowest BCUT2D eigenvalue weighted by atomic mass is 9.99. The van der Waals surface area contributed by atoms with Crippen molar-refractivity contribution in [2.45, 2.75) is 20.8 Å². The van der Waals surface area contributed by atoms with Crippen LogP contribution in [0.4, 0.5) is 5.69 Å². The highest BCUT2D eigenvalue weighted by Gasteiger charge is 2.27. The number of hydrogen-bond donors (Lipinski definition) is 0. The Balaban J connectivity index is 2.14. The van der Waals surface area contributed by atoms with Crippen LogP contribution in [-0.2, 0) is 0 Å². The normalized spacial score (nSPS) is 10.5. The van der Waals surface area contributed by atoms with E-state index in [2.05, 4.69) is 10.2 Å². The summed E-state index contributed by atoms with van der Waals surface area (Å²) in [4.78, 5) is 29.0. The molecular weight excluding hydrogens is 462 g/mol. The molecule has 0 bridgehead atoms. The predicted octanol–water partition coefficient (Wildman–Crippen LogP) is 4.13. The predicted molar refractivity (Wildman–Crippen MR) is 136 cm³/mol. The average Bonchev–Trinajstić information content (AvgIpc) is 2.92. The third-order valence-corrected chi connectivity index (χ3v) is 5.99. The summed E-state index contributed by atoms with van der Waals surface area (Å²) in [6, 6.07) is 9.82. The number of aromatic nitrogens is 2. The van der Waals surface area contributed by atoms with Crippen molar-refractivity contribution in [2.24, 2.45) is 0 Å². The molecule has 0 aliphatic carbocycles. The molecule has 0 fully saturated rings. The maximum absolute atomic E-state index is 13.6. The van der Waals surface area contributed by atoms with Gasteiger partial charge < -0.3 is 23.8 Å². The van der Waals surface area contributed by atoms with E-state index in [9.17, 15) is 9.59 Å². The van der Waals surface area contributed by atoms with Crippen molar-refractivity contribution in [3.05, 3.63) is 64.5 Å². The fourth-order valence-electron chi connectivity index (χ4n) is 4.04. The number of ketones is 2. The van der Waals surface area contributed by atoms with Crippen LogP contribution in [0.1, 0.15) is 51.5 Å². The molecule has 0 amide bonds. The van der Waals surface area contributed by atoms with E-state index in [1.54, 1.807) is 43.3 Å². The van der Waals surface area contributed by atoms with Crippen LogP contribution < -0.4 is 23.8 Å². The summed E-state index contributed by atoms with van der Waals surface area (Å²) in [5, 5.41) is 8.48. The van der Waals surface area contributed by atoms with E-state index in [-0.39, 0.29) is 23.0 Å². The Morgan fingerprint density at radius 2 is 1.11 bits per heavy atom. The van der Waals surface area contributed by atoms with Gasteiger partial charge in [-0.2, -0.15) is 0 Å². The van der Waals surface area contributed by atoms with Gasteiger partial charge in [-0.3, -0.25) is 9.59 Å². The van der Waals surface area contributed by atoms with Crippen molar-refractivity contribution in [2.75, 3.05) is 46.4 Å². The number of rotatable bonds is 11. The van der Waals surface area contributed by atoms with Crippen molar-refractivity contribution in [1.82, 2.24) is 10.2 Å². The SMILES string of the molecule is CCN(CC)c1c(C(=O)c2ccc(OC)c(OC)c2)nnc(C(=O)c2ccc(OC)c(OC)c2)c1C. The number of carbonyl (C=O) groups excluding carboxylic acids is 2. The number of benzene rings is 2. The summed E-state index contributed by atoms with van der Waals surface area (Å²) in [5.74, 6) is 1.21. The van der Waals surface area contributed by atoms with Crippen LogP contribution in [0.2, 0.25) is 0 Å². The maximum Gasteiger partial charge on any atom is 0.215 e. The molecule has 9 heteroatoms. The lowest BCUT2D eigenvalue weighted by Crippen LogP contribution is -2.28. The van der Waals surface area contributed by atoms with Gasteiger partial charge in [-0.25, -0.2) is 0 Å². The van der Waals surface area contributed by atoms with Crippen molar-refractivity contribution < 1.29 is 28.5 Å². The number of hydrogen-bond acceptors (Lipinski definition) is 9. The molecular formula is C27H31N3O6. The van der Waals surface area contributed by atoms with Crippen LogP contribution >= 0.6 is 0 Å². The molecule has 0 aliphatic rings. The molecule has 0 saturated heterocycles. The van der Waals surface area contributed by atoms with Crippen molar-refractivity contribution >= 4 is 17.3 Å². The minimum absolute atomic E-state index is 0.160. The molecule has 1 aromatic heterocycles. The highest BCUT2D eigenvalue weighted by atomic mass is 16.5. The zero-order valence-corrected chi connectivity index (χ0v) is 21.7. The molecule has 0 spiro atoms. The Morgan fingerprint density at radius 3 is 1.53 bits per heavy atom. The van der Waals surface area contributed by atoms with Crippen LogP contribution in [0.3, 0.4) is 0 Å². The van der Waals surface area contributed by atoms with E-state index < -0.39 is 0 Å². The lowest BCUT2D eigenvalue weighted by molar-refractivity contribution is 0.101. The van der Waals surface area contributed by atoms with Gasteiger partial charge in [0.1, 0.15) is 5.69 Å². The highest BCUT2D eigenvalue weighted by Crippen LogP contribution is 2.33. The molecule has 36 heavy (non-hydrogen) atoms. The first-order chi connectivity index (χ1) is 17.3. The third kappa shape index (κ3) is 4.95. The largest absolute Gasteiger partial charge is 0.493 e. The summed E-state index contributed by atoms with van der Waals surface area (Å²) in [7, 11) is 6.07. The van der Waals surface area contributed by atoms with Gasteiger partial charge in [0, 0.05) is 29.8 Å². The summed E-state index contributed by atoms with van der Waals surface area (Å²) in [6.45, 7) is 6.95. The molecule has 9 nitrogen and oxygen atoms in total. The van der Waals surface area contributed by atoms with Gasteiger partial charge in [-0.15, -0.1) is 10.2 Å². The second-order valence-electron chi connectivity index (χ2n) is 7.84. The van der Waals surface area contributed by atoms with E-state index in [1.807, 2.05) is 18.7 Å². The second kappa shape index (κ2) is 11.5. The minimum Gasteiger partial charge on any atom is -0.493 e. The standard InChI is InChI=1S/C27H31N3O6/c1-8-30(9-2)25-16(3)23(26(31)17-10-12-19(33-4)21(14-17)35-6)28-29-24(25)27(32)18-11-13-20(34-5)22(15-18)36-7/h10-15H,8-9H2,1-7H3. The van der Waals surface area contributed by atoms with E-state index in [0.29, 0.717) is 58.5 Å². The Bertz CT molecular complexity index is 1270. The first kappa shape index (κ1) is 26.5. The Morgan fingerprint density at radius 1 is 0.694 bits per heavy atom. The molecule has 0 saturated carbocycles. The molecule has 190 valence electrons. The quantitative estimate of drug-likeness (QED) is 0.365. The smallest absolute Gasteiger partial charge is 0.215 e. The van der Waals surface area contributed by atoms with Gasteiger partial charge in [0.05, 0.1) is 34.1 Å². The number of ether oxygens (including phenoxy) is 4. The molecule has 0 atom stereocenters. The highest BCUT2D eigenvalue weighted by molar-refractivity contribution is 6.14. The van der Waals surface area contributed by atoms with Gasteiger partial charge in [-0.1, -0.05) is 0 Å². The van der Waals surface area contributed by atoms with Crippen LogP contribution in [0, 0.1) is 6.92 Å². The summed E-state index contributed by atoms with van der Waals surface area (Å²) >= 11 is 0. The second-order valence-corrected chi connectivity index (χ2v) is 7.84. The summed E-state index contributed by atoms with van der Waals surface area (Å²) < 4.78 is 21.2. The summed E-state index contributed by atoms with van der Waals surface area (Å²) in [5.41, 5.74) is 2.19. The van der Waals surface area contributed by atoms with Gasteiger partial charge >= 0.3 is 0 Å². The Kier molecular flexibility index (Phi) is 8.47. The first-order valence-corrected chi connectivity index (χ1v) is 11.5. The van der Waals surface area contributed by atoms with Gasteiger partial charge in [0.15, 0.2) is 28.7 Å². The van der Waals surface area contributed by atoms with E-state index in [0.717, 1.165) is 0 Å². The maximum atomic E-state index is 13.6. The van der Waals surface area contributed by atoms with Crippen molar-refractivity contribution in [3.8, 4) is 23.0 Å². The van der Waals surface area contributed by atoms with Crippen LogP contribution in [-0.4, -0.2) is 63.3 Å². The molecule has 2 aromatic carbocycles. The molecule has 0 N–H and O–H groups in total. The van der Waals surface area contributed by atoms with Crippen molar-refractivity contribution in [3.63, 3.8) is 0 Å². The molecule has 0 radical (unpaired) electrons. The lowest BCUT2D eigenvalue weighted by Gasteiger charge is -2.25. The monoisotopic (exact) mass is 493 g/mol. The van der Waals surface area contributed by atoms with E-state index in [1.165, 1.54) is 28.4 Å². The molecule has 3 rings (SSSR count). The number of carbonyl (C=O) groups is 2. The third-order valence-electron chi connectivity index (χ3n) is 5.99. The molecule has 1 heterocycles. The topological polar surface area (TPSA) is 100 Å². The zero-order chi connectivity index (χ0) is 26.4. The number of anilines is 1. The fourth-order valence-corrected chi connectivity index (χ4v) is 4.04. The molecule has 3 aromatic rings. The van der Waals surface area contributed by atoms with E-state index in [4.69, 9.17) is 18.9 Å². The van der Waals surface area contributed by atoms with Gasteiger partial charge in [-0.05, 0) is 57.2 Å². The van der Waals surface area contributed by atoms with Gasteiger partial charge in [0.2, 0.25) is 11.6 Å². The fraction of sp³-hybridized carbons (Fsp3) is 0.333. The van der Waals surface area contributed by atoms with Crippen LogP contribution in [0.15, 0.2) is 36.4 Å². The first-order valence-electron chi connectivity index (χ1n) is 11.5. The Labute approximate surface area is 211 Å². The van der Waals surface area contributed by atoms with Crippen molar-refractivity contribution in [1.29, 1.82) is 0 Å². The number of methoxy groups -OCH3 is 4. The molecule has 0 aliphatic heterocycles. The van der Waals surface area contributed by atoms with E-state index >= 15 is 0 Å². The minimum atomic E-state index is -0.335. The zero-order valence-electron chi connectivity index (χ0n) is 21.7. The molecule has 0 unspecified atom stereocenters. The van der Waals surface area contributed by atoms with Gasteiger partial charge in [0.25, 0.3) is 0 Å². The average molecular weight is 494 g/mol.